The molecule has 2 amide bonds. The van der Waals surface area contributed by atoms with Crippen LogP contribution in [0.25, 0.3) is 0 Å². The van der Waals surface area contributed by atoms with E-state index in [-0.39, 0.29) is 29.9 Å². The summed E-state index contributed by atoms with van der Waals surface area (Å²) in [7, 11) is 1.75. The van der Waals surface area contributed by atoms with E-state index in [0.717, 1.165) is 31.5 Å². The van der Waals surface area contributed by atoms with Gasteiger partial charge in [-0.15, -0.1) is 0 Å². The molecule has 0 aliphatic carbocycles. The summed E-state index contributed by atoms with van der Waals surface area (Å²) in [4.78, 5) is 28.8. The maximum atomic E-state index is 13.1. The van der Waals surface area contributed by atoms with E-state index in [1.165, 1.54) is 0 Å². The van der Waals surface area contributed by atoms with Crippen molar-refractivity contribution in [2.24, 2.45) is 5.41 Å². The van der Waals surface area contributed by atoms with Gasteiger partial charge in [-0.2, -0.15) is 0 Å². The summed E-state index contributed by atoms with van der Waals surface area (Å²) in [6.07, 6.45) is 1.50. The first-order valence-electron chi connectivity index (χ1n) is 8.60. The fourth-order valence-electron chi connectivity index (χ4n) is 3.76. The molecule has 2 fully saturated rings. The van der Waals surface area contributed by atoms with E-state index >= 15 is 0 Å². The maximum absolute atomic E-state index is 13.1. The molecular formula is C19H26N2O3. The lowest BCUT2D eigenvalue weighted by molar-refractivity contribution is -0.169. The van der Waals surface area contributed by atoms with Crippen LogP contribution >= 0.6 is 0 Å². The van der Waals surface area contributed by atoms with Gasteiger partial charge >= 0.3 is 0 Å². The number of rotatable bonds is 2. The minimum atomic E-state index is -0.635. The highest BCUT2D eigenvalue weighted by molar-refractivity contribution is 5.86. The van der Waals surface area contributed by atoms with Gasteiger partial charge in [-0.25, -0.2) is 0 Å². The Balaban J connectivity index is 1.86. The Labute approximate surface area is 143 Å². The smallest absolute Gasteiger partial charge is 0.254 e. The van der Waals surface area contributed by atoms with E-state index in [1.54, 1.807) is 11.9 Å². The molecule has 2 heterocycles. The number of amides is 2. The third-order valence-corrected chi connectivity index (χ3v) is 5.08. The zero-order valence-corrected chi connectivity index (χ0v) is 14.7. The number of likely N-dealkylation sites (tertiary alicyclic amines) is 1. The summed E-state index contributed by atoms with van der Waals surface area (Å²) in [5.41, 5.74) is 1.06. The zero-order valence-electron chi connectivity index (χ0n) is 14.7. The lowest BCUT2D eigenvalue weighted by Gasteiger charge is -2.43. The molecule has 130 valence electrons. The largest absolute Gasteiger partial charge is 0.356 e. The van der Waals surface area contributed by atoms with Gasteiger partial charge in [0.15, 0.2) is 6.10 Å². The number of carbonyl (C=O) groups excluding carboxylic acids is 2. The lowest BCUT2D eigenvalue weighted by atomic mass is 9.83. The Morgan fingerprint density at radius 2 is 1.96 bits per heavy atom. The van der Waals surface area contributed by atoms with Crippen LogP contribution in [0, 0.1) is 5.41 Å². The topological polar surface area (TPSA) is 49.9 Å². The van der Waals surface area contributed by atoms with Crippen molar-refractivity contribution < 1.29 is 14.3 Å². The number of nitrogens with zero attached hydrogens (tertiary/aromatic N) is 2. The van der Waals surface area contributed by atoms with Crippen LogP contribution in [0.15, 0.2) is 30.3 Å². The highest BCUT2D eigenvalue weighted by Crippen LogP contribution is 2.33. The van der Waals surface area contributed by atoms with Crippen molar-refractivity contribution in [2.75, 3.05) is 26.7 Å². The number of hydrogen-bond acceptors (Lipinski definition) is 3. The summed E-state index contributed by atoms with van der Waals surface area (Å²) >= 11 is 0. The first-order valence-corrected chi connectivity index (χ1v) is 8.60. The van der Waals surface area contributed by atoms with Crippen molar-refractivity contribution in [3.05, 3.63) is 35.9 Å². The van der Waals surface area contributed by atoms with Crippen molar-refractivity contribution in [1.29, 1.82) is 0 Å². The molecule has 0 spiro atoms. The minimum Gasteiger partial charge on any atom is -0.356 e. The number of morpholine rings is 1. The first-order chi connectivity index (χ1) is 11.4. The van der Waals surface area contributed by atoms with Gasteiger partial charge in [0.2, 0.25) is 5.91 Å². The summed E-state index contributed by atoms with van der Waals surface area (Å²) < 4.78 is 5.73. The molecular weight excluding hydrogens is 304 g/mol. The summed E-state index contributed by atoms with van der Waals surface area (Å²) in [6.45, 7) is 5.86. The number of hydrogen-bond donors (Lipinski definition) is 0. The predicted molar refractivity (Wildman–Crippen MR) is 91.3 cm³/mol. The maximum Gasteiger partial charge on any atom is 0.254 e. The quantitative estimate of drug-likeness (QED) is 0.835. The van der Waals surface area contributed by atoms with Crippen LogP contribution in [0.1, 0.15) is 38.3 Å². The van der Waals surface area contributed by atoms with Gasteiger partial charge in [-0.1, -0.05) is 44.2 Å². The highest BCUT2D eigenvalue weighted by atomic mass is 16.5. The molecule has 1 aromatic rings. The molecule has 2 saturated heterocycles. The molecule has 0 N–H and O–H groups in total. The molecule has 0 saturated carbocycles. The second kappa shape index (κ2) is 6.55. The van der Waals surface area contributed by atoms with E-state index in [2.05, 4.69) is 13.8 Å². The van der Waals surface area contributed by atoms with Crippen LogP contribution in [-0.2, 0) is 14.3 Å². The van der Waals surface area contributed by atoms with Gasteiger partial charge in [0, 0.05) is 20.1 Å². The Hall–Kier alpha value is -1.88. The Morgan fingerprint density at radius 3 is 2.62 bits per heavy atom. The average molecular weight is 330 g/mol. The minimum absolute atomic E-state index is 0.00372. The van der Waals surface area contributed by atoms with Gasteiger partial charge in [-0.3, -0.25) is 9.59 Å². The monoisotopic (exact) mass is 330 g/mol. The number of carbonyl (C=O) groups is 2. The lowest BCUT2D eigenvalue weighted by Crippen LogP contribution is -2.56. The Kier molecular flexibility index (Phi) is 4.63. The van der Waals surface area contributed by atoms with Gasteiger partial charge in [0.25, 0.3) is 5.91 Å². The van der Waals surface area contributed by atoms with Crippen LogP contribution in [0.5, 0.6) is 0 Å². The molecule has 5 heteroatoms. The van der Waals surface area contributed by atoms with Crippen LogP contribution in [-0.4, -0.2) is 54.5 Å². The molecule has 5 nitrogen and oxygen atoms in total. The molecule has 24 heavy (non-hydrogen) atoms. The summed E-state index contributed by atoms with van der Waals surface area (Å²) in [5, 5.41) is 0. The van der Waals surface area contributed by atoms with Crippen LogP contribution in [0.3, 0.4) is 0 Å². The predicted octanol–water partition coefficient (Wildman–Crippen LogP) is 2.23. The number of benzene rings is 1. The van der Waals surface area contributed by atoms with E-state index < -0.39 is 6.10 Å². The Bertz CT molecular complexity index is 614. The molecule has 2 aliphatic heterocycles. The second-order valence-corrected chi connectivity index (χ2v) is 7.62. The van der Waals surface area contributed by atoms with Gasteiger partial charge in [0.1, 0.15) is 6.61 Å². The van der Waals surface area contributed by atoms with Crippen LogP contribution in [0.4, 0.5) is 0 Å². The van der Waals surface area contributed by atoms with Crippen molar-refractivity contribution in [1.82, 2.24) is 9.80 Å². The fourth-order valence-corrected chi connectivity index (χ4v) is 3.76. The molecule has 3 rings (SSSR count). The van der Waals surface area contributed by atoms with Crippen molar-refractivity contribution >= 4 is 11.8 Å². The number of ether oxygens (including phenoxy) is 1. The van der Waals surface area contributed by atoms with Crippen LogP contribution < -0.4 is 0 Å². The molecule has 2 aliphatic rings. The van der Waals surface area contributed by atoms with Crippen molar-refractivity contribution in [3.8, 4) is 0 Å². The summed E-state index contributed by atoms with van der Waals surface area (Å²) in [5.74, 6) is -0.0946. The van der Waals surface area contributed by atoms with E-state index in [4.69, 9.17) is 4.74 Å². The first kappa shape index (κ1) is 17.0. The van der Waals surface area contributed by atoms with E-state index in [9.17, 15) is 9.59 Å². The summed E-state index contributed by atoms with van der Waals surface area (Å²) in [6, 6.07) is 9.30. The van der Waals surface area contributed by atoms with E-state index in [1.807, 2.05) is 35.2 Å². The van der Waals surface area contributed by atoms with Crippen molar-refractivity contribution in [3.63, 3.8) is 0 Å². The highest BCUT2D eigenvalue weighted by Gasteiger charge is 2.43. The fraction of sp³-hybridized carbons (Fsp3) is 0.579. The molecule has 2 atom stereocenters. The SMILES string of the molecule is CN1C(=O)CO[C@@H](C(=O)N2CCCC(C)(C)C2)[C@@H]1c1ccccc1. The van der Waals surface area contributed by atoms with Gasteiger partial charge < -0.3 is 14.5 Å². The second-order valence-electron chi connectivity index (χ2n) is 7.62. The Morgan fingerprint density at radius 1 is 1.25 bits per heavy atom. The van der Waals surface area contributed by atoms with Gasteiger partial charge in [0.05, 0.1) is 6.04 Å². The molecule has 1 aromatic carbocycles. The standard InChI is InChI=1S/C19H26N2O3/c1-19(2)10-7-11-21(13-19)18(23)17-16(14-8-5-4-6-9-14)20(3)15(22)12-24-17/h4-6,8-9,16-17H,7,10-13H2,1-3H3/t16-,17+/m0/s1. The number of likely N-dealkylation sites (N-methyl/N-ethyl adjacent to an activating group) is 1. The molecule has 0 aromatic heterocycles. The third kappa shape index (κ3) is 3.31. The van der Waals surface area contributed by atoms with Crippen molar-refractivity contribution in [2.45, 2.75) is 38.8 Å². The molecule has 0 radical (unpaired) electrons. The zero-order chi connectivity index (χ0) is 17.3. The average Bonchev–Trinajstić information content (AvgIpc) is 2.56. The third-order valence-electron chi connectivity index (χ3n) is 5.08. The number of piperidine rings is 1. The van der Waals surface area contributed by atoms with Gasteiger partial charge in [-0.05, 0) is 23.8 Å². The molecule has 0 bridgehead atoms. The normalized spacial score (nSPS) is 27.2. The van der Waals surface area contributed by atoms with Crippen LogP contribution in [0.2, 0.25) is 0 Å². The van der Waals surface area contributed by atoms with E-state index in [0.29, 0.717) is 0 Å². The molecule has 0 unspecified atom stereocenters.